The molecule has 0 radical (unpaired) electrons. The minimum Gasteiger partial charge on any atom is -0.382 e. The van der Waals surface area contributed by atoms with Gasteiger partial charge in [0.05, 0.1) is 19.0 Å². The highest BCUT2D eigenvalue weighted by Crippen LogP contribution is 2.40. The SMILES string of the molecule is COP(=O)(O)CO[C@H](C)Cn1cnc2c(N)ncnc21. The number of nitrogens with two attached hydrogens (primary N) is 1. The zero-order valence-corrected chi connectivity index (χ0v) is 12.0. The first-order valence-electron chi connectivity index (χ1n) is 5.83. The average Bonchev–Trinajstić information content (AvgIpc) is 2.82. The second kappa shape index (κ2) is 5.84. The minimum absolute atomic E-state index is 0.307. The topological polar surface area (TPSA) is 125 Å². The Balaban J connectivity index is 2.05. The summed E-state index contributed by atoms with van der Waals surface area (Å²) in [6, 6.07) is 0. The van der Waals surface area contributed by atoms with Crippen molar-refractivity contribution >= 4 is 24.6 Å². The van der Waals surface area contributed by atoms with Crippen molar-refractivity contribution in [2.45, 2.75) is 19.6 Å². The van der Waals surface area contributed by atoms with E-state index in [-0.39, 0.29) is 12.5 Å². The number of nitrogens with zero attached hydrogens (tertiary/aromatic N) is 4. The highest BCUT2D eigenvalue weighted by Gasteiger charge is 2.19. The van der Waals surface area contributed by atoms with Gasteiger partial charge in [-0.2, -0.15) is 0 Å². The lowest BCUT2D eigenvalue weighted by atomic mass is 10.4. The molecule has 0 aliphatic rings. The van der Waals surface area contributed by atoms with Crippen LogP contribution in [0, 0.1) is 0 Å². The van der Waals surface area contributed by atoms with Crippen molar-refractivity contribution in [1.82, 2.24) is 19.5 Å². The van der Waals surface area contributed by atoms with E-state index in [1.807, 2.05) is 0 Å². The summed E-state index contributed by atoms with van der Waals surface area (Å²) in [5.41, 5.74) is 6.80. The molecule has 0 amide bonds. The lowest BCUT2D eigenvalue weighted by Gasteiger charge is -2.16. The van der Waals surface area contributed by atoms with Crippen LogP contribution < -0.4 is 5.73 Å². The summed E-state index contributed by atoms with van der Waals surface area (Å²) in [7, 11) is -2.50. The first kappa shape index (κ1) is 14.9. The van der Waals surface area contributed by atoms with E-state index in [1.54, 1.807) is 17.8 Å². The molecule has 2 rings (SSSR count). The molecule has 3 N–H and O–H groups in total. The number of anilines is 1. The van der Waals surface area contributed by atoms with E-state index < -0.39 is 7.60 Å². The van der Waals surface area contributed by atoms with Crippen LogP contribution in [0.5, 0.6) is 0 Å². The van der Waals surface area contributed by atoms with Crippen LogP contribution in [0.1, 0.15) is 6.92 Å². The van der Waals surface area contributed by atoms with E-state index >= 15 is 0 Å². The number of fused-ring (bicyclic) bond motifs is 1. The predicted octanol–water partition coefficient (Wildman–Crippen LogP) is 0.603. The fourth-order valence-electron chi connectivity index (χ4n) is 1.64. The smallest absolute Gasteiger partial charge is 0.353 e. The molecule has 0 aromatic carbocycles. The van der Waals surface area contributed by atoms with Gasteiger partial charge in [-0.05, 0) is 6.92 Å². The van der Waals surface area contributed by atoms with E-state index in [0.717, 1.165) is 7.11 Å². The maximum absolute atomic E-state index is 11.3. The molecule has 0 aliphatic heterocycles. The van der Waals surface area contributed by atoms with Crippen LogP contribution in [0.25, 0.3) is 11.2 Å². The number of imidazole rings is 1. The fourth-order valence-corrected chi connectivity index (χ4v) is 2.18. The van der Waals surface area contributed by atoms with Crippen molar-refractivity contribution in [3.8, 4) is 0 Å². The Kier molecular flexibility index (Phi) is 4.34. The summed E-state index contributed by atoms with van der Waals surface area (Å²) in [4.78, 5) is 21.3. The first-order valence-corrected chi connectivity index (χ1v) is 7.59. The van der Waals surface area contributed by atoms with Crippen LogP contribution >= 0.6 is 7.60 Å². The molecule has 2 aromatic rings. The summed E-state index contributed by atoms with van der Waals surface area (Å²) < 4.78 is 22.8. The molecule has 0 saturated carbocycles. The van der Waals surface area contributed by atoms with Crippen LogP contribution in [-0.4, -0.2) is 44.0 Å². The molecule has 2 heterocycles. The molecule has 0 aliphatic carbocycles. The van der Waals surface area contributed by atoms with Crippen LogP contribution in [-0.2, 0) is 20.4 Å². The molecular formula is C10H16N5O4P. The third-order valence-corrected chi connectivity index (χ3v) is 3.74. The standard InChI is InChI=1S/C10H16N5O4P/c1-7(19-6-20(16,17)18-2)3-15-5-14-8-9(11)12-4-13-10(8)15/h4-5,7H,3,6H2,1-2H3,(H,16,17)(H2,11,12,13)/t7-/m1/s1. The van der Waals surface area contributed by atoms with Crippen LogP contribution in [0.15, 0.2) is 12.7 Å². The van der Waals surface area contributed by atoms with Crippen molar-refractivity contribution in [2.24, 2.45) is 0 Å². The number of hydrogen-bond donors (Lipinski definition) is 2. The number of rotatable bonds is 6. The molecule has 2 aromatic heterocycles. The highest BCUT2D eigenvalue weighted by molar-refractivity contribution is 7.52. The van der Waals surface area contributed by atoms with Gasteiger partial charge in [0.2, 0.25) is 0 Å². The molecule has 2 atom stereocenters. The van der Waals surface area contributed by atoms with Gasteiger partial charge in [0.15, 0.2) is 11.5 Å². The Hall–Kier alpha value is -1.54. The van der Waals surface area contributed by atoms with Crippen molar-refractivity contribution in [2.75, 3.05) is 19.2 Å². The highest BCUT2D eigenvalue weighted by atomic mass is 31.2. The Bertz CT molecular complexity index is 646. The van der Waals surface area contributed by atoms with Gasteiger partial charge in [-0.3, -0.25) is 4.57 Å². The molecule has 0 fully saturated rings. The summed E-state index contributed by atoms with van der Waals surface area (Å²) in [5, 5.41) is 0. The lowest BCUT2D eigenvalue weighted by molar-refractivity contribution is 0.0742. The Morgan fingerprint density at radius 3 is 2.95 bits per heavy atom. The molecule has 0 saturated heterocycles. The van der Waals surface area contributed by atoms with Gasteiger partial charge in [0.25, 0.3) is 0 Å². The van der Waals surface area contributed by atoms with E-state index in [1.165, 1.54) is 6.33 Å². The summed E-state index contributed by atoms with van der Waals surface area (Å²) in [6.45, 7) is 2.18. The minimum atomic E-state index is -3.67. The van der Waals surface area contributed by atoms with Gasteiger partial charge in [0.1, 0.15) is 18.2 Å². The molecule has 110 valence electrons. The van der Waals surface area contributed by atoms with Crippen molar-refractivity contribution < 1.29 is 18.7 Å². The van der Waals surface area contributed by atoms with Crippen molar-refractivity contribution in [1.29, 1.82) is 0 Å². The summed E-state index contributed by atoms with van der Waals surface area (Å²) >= 11 is 0. The normalized spacial score (nSPS) is 16.1. The number of aromatic nitrogens is 4. The third-order valence-electron chi connectivity index (χ3n) is 2.69. The number of hydrogen-bond acceptors (Lipinski definition) is 7. The maximum atomic E-state index is 11.3. The lowest BCUT2D eigenvalue weighted by Crippen LogP contribution is -2.17. The second-order valence-corrected chi connectivity index (χ2v) is 6.15. The van der Waals surface area contributed by atoms with Crippen LogP contribution in [0.4, 0.5) is 5.82 Å². The van der Waals surface area contributed by atoms with Gasteiger partial charge in [-0.25, -0.2) is 15.0 Å². The van der Waals surface area contributed by atoms with E-state index in [0.29, 0.717) is 23.5 Å². The molecular weight excluding hydrogens is 285 g/mol. The largest absolute Gasteiger partial charge is 0.382 e. The molecule has 0 bridgehead atoms. The Morgan fingerprint density at radius 2 is 2.25 bits per heavy atom. The molecule has 0 spiro atoms. The molecule has 1 unspecified atom stereocenters. The van der Waals surface area contributed by atoms with Crippen LogP contribution in [0.2, 0.25) is 0 Å². The van der Waals surface area contributed by atoms with Gasteiger partial charge >= 0.3 is 7.60 Å². The quantitative estimate of drug-likeness (QED) is 0.743. The van der Waals surface area contributed by atoms with E-state index in [4.69, 9.17) is 10.5 Å². The average molecular weight is 301 g/mol. The third kappa shape index (κ3) is 3.31. The first-order chi connectivity index (χ1) is 9.43. The maximum Gasteiger partial charge on any atom is 0.353 e. The van der Waals surface area contributed by atoms with E-state index in [2.05, 4.69) is 19.5 Å². The van der Waals surface area contributed by atoms with Gasteiger partial charge in [-0.15, -0.1) is 0 Å². The Labute approximate surface area is 115 Å². The van der Waals surface area contributed by atoms with Crippen molar-refractivity contribution in [3.63, 3.8) is 0 Å². The molecule has 10 heteroatoms. The Morgan fingerprint density at radius 1 is 1.50 bits per heavy atom. The zero-order valence-electron chi connectivity index (χ0n) is 11.1. The monoisotopic (exact) mass is 301 g/mol. The summed E-state index contributed by atoms with van der Waals surface area (Å²) in [5.74, 6) is 0.307. The van der Waals surface area contributed by atoms with Crippen molar-refractivity contribution in [3.05, 3.63) is 12.7 Å². The van der Waals surface area contributed by atoms with Gasteiger partial charge in [0, 0.05) is 7.11 Å². The second-order valence-electron chi connectivity index (χ2n) is 4.25. The number of ether oxygens (including phenoxy) is 1. The van der Waals surface area contributed by atoms with E-state index in [9.17, 15) is 9.46 Å². The fraction of sp³-hybridized carbons (Fsp3) is 0.500. The zero-order chi connectivity index (χ0) is 14.8. The summed E-state index contributed by atoms with van der Waals surface area (Å²) in [6.07, 6.45) is 2.24. The number of nitrogen functional groups attached to an aromatic ring is 1. The predicted molar refractivity (Wildman–Crippen MR) is 72.0 cm³/mol. The van der Waals surface area contributed by atoms with Gasteiger partial charge < -0.3 is 24.5 Å². The molecule has 20 heavy (non-hydrogen) atoms. The molecule has 9 nitrogen and oxygen atoms in total. The van der Waals surface area contributed by atoms with Crippen LogP contribution in [0.3, 0.4) is 0 Å². The van der Waals surface area contributed by atoms with Gasteiger partial charge in [-0.1, -0.05) is 0 Å².